The van der Waals surface area contributed by atoms with Crippen LogP contribution in [0.4, 0.5) is 17.6 Å². The van der Waals surface area contributed by atoms with E-state index in [1.165, 1.54) is 18.2 Å². The van der Waals surface area contributed by atoms with Crippen molar-refractivity contribution in [2.24, 2.45) is 0 Å². The van der Waals surface area contributed by atoms with Crippen molar-refractivity contribution in [3.05, 3.63) is 69.9 Å². The normalized spacial score (nSPS) is 11.3. The molecule has 0 atom stereocenters. The Morgan fingerprint density at radius 1 is 1.13 bits per heavy atom. The van der Waals surface area contributed by atoms with E-state index in [1.807, 2.05) is 0 Å². The fraction of sp³-hybridized carbons (Fsp3) is 0.200. The number of aromatic nitrogens is 1. The molecule has 2 aromatic rings. The molecule has 0 aliphatic heterocycles. The van der Waals surface area contributed by atoms with Crippen LogP contribution in [0.1, 0.15) is 11.1 Å². The lowest BCUT2D eigenvalue weighted by Gasteiger charge is -2.10. The van der Waals surface area contributed by atoms with E-state index >= 15 is 0 Å². The molecule has 0 amide bonds. The van der Waals surface area contributed by atoms with Crippen molar-refractivity contribution in [2.75, 3.05) is 0 Å². The van der Waals surface area contributed by atoms with E-state index < -0.39 is 35.6 Å². The molecule has 0 saturated heterocycles. The van der Waals surface area contributed by atoms with Gasteiger partial charge in [-0.15, -0.1) is 0 Å². The van der Waals surface area contributed by atoms with E-state index in [-0.39, 0.29) is 12.2 Å². The van der Waals surface area contributed by atoms with Gasteiger partial charge >= 0.3 is 12.1 Å². The lowest BCUT2D eigenvalue weighted by Crippen LogP contribution is -2.26. The Hall–Kier alpha value is -2.64. The Labute approximate surface area is 127 Å². The maximum absolute atomic E-state index is 13.3. The number of rotatable bonds is 4. The average Bonchev–Trinajstić information content (AvgIpc) is 2.47. The molecule has 0 aliphatic rings. The maximum atomic E-state index is 13.3. The van der Waals surface area contributed by atoms with Crippen LogP contribution in [0.5, 0.6) is 0 Å². The van der Waals surface area contributed by atoms with Gasteiger partial charge in [0, 0.05) is 17.8 Å². The molecule has 2 rings (SSSR count). The van der Waals surface area contributed by atoms with Gasteiger partial charge in [-0.25, -0.2) is 4.39 Å². The molecule has 1 heterocycles. The highest BCUT2D eigenvalue weighted by molar-refractivity contribution is 5.69. The molecule has 0 bridgehead atoms. The number of carbonyl (C=O) groups excluding carboxylic acids is 1. The lowest BCUT2D eigenvalue weighted by molar-refractivity contribution is -0.146. The average molecular weight is 329 g/mol. The van der Waals surface area contributed by atoms with Crippen LogP contribution < -0.4 is 5.56 Å². The van der Waals surface area contributed by atoms with Crippen molar-refractivity contribution in [2.45, 2.75) is 19.3 Å². The molecule has 8 heteroatoms. The van der Waals surface area contributed by atoms with Gasteiger partial charge in [0.05, 0.1) is 5.56 Å². The second-order valence-corrected chi connectivity index (χ2v) is 4.63. The van der Waals surface area contributed by atoms with Gasteiger partial charge in [-0.05, 0) is 12.1 Å². The van der Waals surface area contributed by atoms with Crippen LogP contribution >= 0.6 is 0 Å². The number of carbonyl (C=O) groups is 1. The van der Waals surface area contributed by atoms with E-state index in [1.54, 1.807) is 6.07 Å². The minimum absolute atomic E-state index is 0.122. The first-order valence-corrected chi connectivity index (χ1v) is 6.44. The predicted molar refractivity (Wildman–Crippen MR) is 71.9 cm³/mol. The third-order valence-corrected chi connectivity index (χ3v) is 2.96. The lowest BCUT2D eigenvalue weighted by atomic mass is 10.2. The largest absolute Gasteiger partial charge is 0.459 e. The van der Waals surface area contributed by atoms with E-state index in [0.29, 0.717) is 22.9 Å². The monoisotopic (exact) mass is 329 g/mol. The van der Waals surface area contributed by atoms with Crippen LogP contribution in [0.15, 0.2) is 47.4 Å². The molecule has 1 aromatic carbocycles. The van der Waals surface area contributed by atoms with Crippen LogP contribution in [0, 0.1) is 5.82 Å². The van der Waals surface area contributed by atoms with Gasteiger partial charge in [-0.3, -0.25) is 9.59 Å². The Morgan fingerprint density at radius 2 is 1.83 bits per heavy atom. The third kappa shape index (κ3) is 4.41. The smallest absolute Gasteiger partial charge is 0.417 e. The summed E-state index contributed by atoms with van der Waals surface area (Å²) in [7, 11) is 0. The van der Waals surface area contributed by atoms with Crippen LogP contribution in [0.2, 0.25) is 0 Å². The van der Waals surface area contributed by atoms with Gasteiger partial charge < -0.3 is 9.30 Å². The molecule has 0 saturated carbocycles. The summed E-state index contributed by atoms with van der Waals surface area (Å²) in [5.41, 5.74) is -1.71. The molecule has 23 heavy (non-hydrogen) atoms. The first kappa shape index (κ1) is 16.7. The molecule has 122 valence electrons. The van der Waals surface area contributed by atoms with E-state index in [2.05, 4.69) is 0 Å². The van der Waals surface area contributed by atoms with Gasteiger partial charge in [-0.1, -0.05) is 18.2 Å². The van der Waals surface area contributed by atoms with Crippen LogP contribution in [0.25, 0.3) is 0 Å². The van der Waals surface area contributed by atoms with Crippen molar-refractivity contribution in [3.63, 3.8) is 0 Å². The summed E-state index contributed by atoms with van der Waals surface area (Å²) in [5.74, 6) is -1.52. The molecule has 0 spiro atoms. The fourth-order valence-electron chi connectivity index (χ4n) is 1.78. The summed E-state index contributed by atoms with van der Waals surface area (Å²) in [6, 6.07) is 6.93. The van der Waals surface area contributed by atoms with Gasteiger partial charge in [0.25, 0.3) is 5.56 Å². The molecule has 1 aromatic heterocycles. The fourth-order valence-corrected chi connectivity index (χ4v) is 1.78. The number of hydrogen-bond acceptors (Lipinski definition) is 3. The Bertz CT molecular complexity index is 768. The summed E-state index contributed by atoms with van der Waals surface area (Å²) >= 11 is 0. The van der Waals surface area contributed by atoms with Crippen molar-refractivity contribution in [3.8, 4) is 0 Å². The number of esters is 1. The van der Waals surface area contributed by atoms with Crippen molar-refractivity contribution in [1.29, 1.82) is 0 Å². The molecule has 4 nitrogen and oxygen atoms in total. The molecule has 0 fully saturated rings. The molecule has 0 aliphatic carbocycles. The van der Waals surface area contributed by atoms with Crippen LogP contribution in [-0.4, -0.2) is 10.5 Å². The SMILES string of the molecule is O=C(Cn1cc(C(F)(F)F)ccc1=O)OCc1ccccc1F. The number of hydrogen-bond donors (Lipinski definition) is 0. The second kappa shape index (κ2) is 6.64. The Kier molecular flexibility index (Phi) is 4.83. The second-order valence-electron chi connectivity index (χ2n) is 4.63. The highest BCUT2D eigenvalue weighted by Crippen LogP contribution is 2.27. The summed E-state index contributed by atoms with van der Waals surface area (Å²) in [6.07, 6.45) is -4.10. The van der Waals surface area contributed by atoms with Crippen molar-refractivity contribution >= 4 is 5.97 Å². The predicted octanol–water partition coefficient (Wildman–Crippen LogP) is 2.75. The third-order valence-electron chi connectivity index (χ3n) is 2.96. The first-order valence-electron chi connectivity index (χ1n) is 6.44. The molecule has 0 radical (unpaired) electrons. The number of pyridine rings is 1. The summed E-state index contributed by atoms with van der Waals surface area (Å²) in [6.45, 7) is -1.07. The maximum Gasteiger partial charge on any atom is 0.417 e. The van der Waals surface area contributed by atoms with Crippen LogP contribution in [0.3, 0.4) is 0 Å². The van der Waals surface area contributed by atoms with Crippen LogP contribution in [-0.2, 0) is 28.9 Å². The van der Waals surface area contributed by atoms with E-state index in [4.69, 9.17) is 4.74 Å². The number of benzene rings is 1. The first-order chi connectivity index (χ1) is 10.8. The molecule has 0 N–H and O–H groups in total. The van der Waals surface area contributed by atoms with Gasteiger partial charge in [0.2, 0.25) is 0 Å². The van der Waals surface area contributed by atoms with E-state index in [9.17, 15) is 27.2 Å². The summed E-state index contributed by atoms with van der Waals surface area (Å²) < 4.78 is 56.4. The number of ether oxygens (including phenoxy) is 1. The summed E-state index contributed by atoms with van der Waals surface area (Å²) in [5, 5.41) is 0. The van der Waals surface area contributed by atoms with Gasteiger partial charge in [-0.2, -0.15) is 13.2 Å². The number of nitrogens with zero attached hydrogens (tertiary/aromatic N) is 1. The Morgan fingerprint density at radius 3 is 2.48 bits per heavy atom. The highest BCUT2D eigenvalue weighted by Gasteiger charge is 2.31. The standard InChI is InChI=1S/C15H11F4NO3/c16-12-4-2-1-3-10(12)9-23-14(22)8-20-7-11(15(17,18)19)5-6-13(20)21/h1-7H,8-9H2. The number of alkyl halides is 3. The van der Waals surface area contributed by atoms with Crippen molar-refractivity contribution in [1.82, 2.24) is 4.57 Å². The zero-order valence-electron chi connectivity index (χ0n) is 11.6. The van der Waals surface area contributed by atoms with Gasteiger partial charge in [0.15, 0.2) is 0 Å². The quantitative estimate of drug-likeness (QED) is 0.640. The minimum atomic E-state index is -4.63. The highest BCUT2D eigenvalue weighted by atomic mass is 19.4. The van der Waals surface area contributed by atoms with E-state index in [0.717, 1.165) is 0 Å². The molecule has 0 unspecified atom stereocenters. The van der Waals surface area contributed by atoms with Gasteiger partial charge in [0.1, 0.15) is 19.0 Å². The Balaban J connectivity index is 2.06. The number of halogens is 4. The molecular weight excluding hydrogens is 318 g/mol. The summed E-state index contributed by atoms with van der Waals surface area (Å²) in [4.78, 5) is 23.1. The minimum Gasteiger partial charge on any atom is -0.459 e. The molecular formula is C15H11F4NO3. The zero-order chi connectivity index (χ0) is 17.0. The topological polar surface area (TPSA) is 48.3 Å². The zero-order valence-corrected chi connectivity index (χ0v) is 11.6. The van der Waals surface area contributed by atoms with Crippen molar-refractivity contribution < 1.29 is 27.1 Å².